The van der Waals surface area contributed by atoms with Gasteiger partial charge in [0.05, 0.1) is 43.5 Å². The summed E-state index contributed by atoms with van der Waals surface area (Å²) in [5, 5.41) is 123. The molecule has 0 radical (unpaired) electrons. The normalized spacial score (nSPS) is 55.4. The Morgan fingerprint density at radius 2 is 1.05 bits per heavy atom. The number of rotatable bonds is 7. The quantitative estimate of drug-likeness (QED) is 0.115. The molecular weight excluding hydrogens is 596 g/mol. The van der Waals surface area contributed by atoms with Crippen LogP contribution in [0.3, 0.4) is 0 Å². The number of aliphatic hydroxyl groups excluding tert-OH is 12. The predicted molar refractivity (Wildman–Crippen MR) is 141 cm³/mol. The van der Waals surface area contributed by atoms with E-state index in [4.69, 9.17) is 23.7 Å². The third-order valence-electron chi connectivity index (χ3n) is 9.91. The monoisotopic (exact) mass is 643 g/mol. The molecule has 8 unspecified atom stereocenters. The van der Waals surface area contributed by atoms with Gasteiger partial charge in [0.15, 0.2) is 24.8 Å². The Labute approximate surface area is 252 Å². The van der Waals surface area contributed by atoms with Gasteiger partial charge in [0, 0.05) is 18.8 Å². The van der Waals surface area contributed by atoms with Gasteiger partial charge in [-0.3, -0.25) is 0 Å². The fraction of sp³-hybridized carbons (Fsp3) is 1.00. The molecule has 2 aliphatic carbocycles. The van der Waals surface area contributed by atoms with E-state index < -0.39 is 135 Å². The maximum absolute atomic E-state index is 10.7. The van der Waals surface area contributed by atoms with Gasteiger partial charge in [0.2, 0.25) is 0 Å². The lowest BCUT2D eigenvalue weighted by atomic mass is 9.72. The van der Waals surface area contributed by atoms with Crippen molar-refractivity contribution < 1.29 is 85.0 Å². The van der Waals surface area contributed by atoms with E-state index in [9.17, 15) is 61.3 Å². The van der Waals surface area contributed by atoms with Crippen molar-refractivity contribution >= 4 is 0 Å². The lowest BCUT2D eigenvalue weighted by Crippen LogP contribution is -2.64. The van der Waals surface area contributed by atoms with Gasteiger partial charge in [-0.05, 0) is 19.3 Å². The largest absolute Gasteiger partial charge is 0.427 e. The van der Waals surface area contributed by atoms with Crippen LogP contribution in [0.1, 0.15) is 32.1 Å². The van der Waals surface area contributed by atoms with Crippen molar-refractivity contribution in [2.45, 2.75) is 142 Å². The number of hydrogen-bond acceptors (Lipinski definition) is 16. The molecule has 3 aliphatic heterocycles. The third-order valence-corrected chi connectivity index (χ3v) is 9.91. The van der Waals surface area contributed by atoms with Crippen LogP contribution in [-0.4, -0.2) is 189 Å². The van der Waals surface area contributed by atoms with Gasteiger partial charge in [0.1, 0.15) is 61.0 Å². The van der Waals surface area contributed by atoms with Crippen molar-refractivity contribution in [3.05, 3.63) is 0 Å². The first-order chi connectivity index (χ1) is 20.8. The average molecular weight is 644 g/mol. The smallest absolute Gasteiger partial charge is 0.187 e. The molecule has 0 aromatic rings. The van der Waals surface area contributed by atoms with Gasteiger partial charge in [-0.25, -0.2) is 0 Å². The molecule has 5 fully saturated rings. The summed E-state index contributed by atoms with van der Waals surface area (Å²) < 4.78 is 28.3. The van der Waals surface area contributed by atoms with Gasteiger partial charge < -0.3 is 85.0 Å². The van der Waals surface area contributed by atoms with Crippen LogP contribution in [0.5, 0.6) is 0 Å². The second-order valence-electron chi connectivity index (χ2n) is 12.8. The van der Waals surface area contributed by atoms with Crippen molar-refractivity contribution in [3.63, 3.8) is 0 Å². The summed E-state index contributed by atoms with van der Waals surface area (Å²) in [6.45, 7) is -1.34. The molecule has 0 aromatic heterocycles. The molecule has 5 aliphatic rings. The van der Waals surface area contributed by atoms with E-state index in [2.05, 4.69) is 0 Å². The second-order valence-corrected chi connectivity index (χ2v) is 12.8. The molecule has 17 heteroatoms. The molecular formula is C27H47O17+. The Kier molecular flexibility index (Phi) is 11.2. The number of hydrogen-bond donors (Lipinski definition) is 12. The van der Waals surface area contributed by atoms with Gasteiger partial charge in [-0.1, -0.05) is 0 Å². The molecule has 3 heterocycles. The summed E-state index contributed by atoms with van der Waals surface area (Å²) >= 11 is 0. The molecule has 17 nitrogen and oxygen atoms in total. The molecule has 0 aromatic carbocycles. The van der Waals surface area contributed by atoms with E-state index in [-0.39, 0.29) is 32.1 Å². The van der Waals surface area contributed by atoms with Crippen LogP contribution in [0.15, 0.2) is 0 Å². The zero-order chi connectivity index (χ0) is 32.0. The summed E-state index contributed by atoms with van der Waals surface area (Å²) in [6.07, 6.45) is -22.8. The maximum atomic E-state index is 10.7. The summed E-state index contributed by atoms with van der Waals surface area (Å²) in [7, 11) is 0. The van der Waals surface area contributed by atoms with Crippen molar-refractivity contribution in [2.24, 2.45) is 11.8 Å². The average Bonchev–Trinajstić information content (AvgIpc) is 2.99. The number of aliphatic hydroxyl groups is 14. The predicted octanol–water partition coefficient (Wildman–Crippen LogP) is -6.71. The standard InChI is InChI=1S/C27H46O17/c28-6-16-19(34)21(36)23(38)26(43-16)41-14-4-9(30)3-13-10(14)5-15(25(40-13)8-1-11(31)18(33)12(32)2-8)42-27-24(39)22(37)20(35)17(7-29)44-27/h8-39H,1-7H2/p+1/t8?,9?,10?,11?,12?,13?,14?,15?,16-,17-,18?,19-,20-,21+,22+,23-,24-,25?,26-,27-/m0/s1. The van der Waals surface area contributed by atoms with Crippen LogP contribution < -0.4 is 0 Å². The summed E-state index contributed by atoms with van der Waals surface area (Å²) in [5.74, 6) is -1.04. The minimum atomic E-state index is -1.72. The van der Waals surface area contributed by atoms with Crippen LogP contribution in [0.2, 0.25) is 0 Å². The molecule has 18 atom stereocenters. The van der Waals surface area contributed by atoms with Gasteiger partial charge in [-0.2, -0.15) is 0 Å². The fourth-order valence-corrected chi connectivity index (χ4v) is 7.40. The maximum Gasteiger partial charge on any atom is 0.187 e. The summed E-state index contributed by atoms with van der Waals surface area (Å²) in [5.41, 5.74) is 0. The first-order valence-corrected chi connectivity index (χ1v) is 15.2. The van der Waals surface area contributed by atoms with E-state index in [1.165, 1.54) is 0 Å². The van der Waals surface area contributed by atoms with Crippen LogP contribution >= 0.6 is 0 Å². The highest BCUT2D eigenvalue weighted by Crippen LogP contribution is 2.43. The molecule has 13 N–H and O–H groups in total. The van der Waals surface area contributed by atoms with Crippen molar-refractivity contribution in [2.75, 3.05) is 13.2 Å². The van der Waals surface area contributed by atoms with Crippen LogP contribution in [0.4, 0.5) is 0 Å². The highest BCUT2D eigenvalue weighted by molar-refractivity contribution is 5.00. The van der Waals surface area contributed by atoms with E-state index in [1.54, 1.807) is 0 Å². The molecule has 256 valence electrons. The van der Waals surface area contributed by atoms with E-state index in [1.807, 2.05) is 0 Å². The van der Waals surface area contributed by atoms with Crippen molar-refractivity contribution in [3.8, 4) is 0 Å². The van der Waals surface area contributed by atoms with Crippen LogP contribution in [-0.2, 0) is 18.9 Å². The van der Waals surface area contributed by atoms with Crippen molar-refractivity contribution in [1.82, 2.24) is 0 Å². The van der Waals surface area contributed by atoms with E-state index >= 15 is 0 Å². The zero-order valence-corrected chi connectivity index (χ0v) is 23.9. The van der Waals surface area contributed by atoms with Crippen LogP contribution in [0, 0.1) is 11.8 Å². The highest BCUT2D eigenvalue weighted by atomic mass is 16.7. The van der Waals surface area contributed by atoms with Crippen molar-refractivity contribution in [1.29, 1.82) is 0 Å². The molecule has 5 rings (SSSR count). The number of ether oxygens (including phenoxy) is 5. The molecule has 2 saturated carbocycles. The first-order valence-electron chi connectivity index (χ1n) is 15.2. The molecule has 44 heavy (non-hydrogen) atoms. The molecule has 0 spiro atoms. The van der Waals surface area contributed by atoms with Gasteiger partial charge >= 0.3 is 0 Å². The van der Waals surface area contributed by atoms with E-state index in [0.717, 1.165) is 0 Å². The minimum Gasteiger partial charge on any atom is -0.427 e. The Balaban J connectivity index is 1.39. The van der Waals surface area contributed by atoms with Gasteiger partial charge in [0.25, 0.3) is 0 Å². The van der Waals surface area contributed by atoms with Crippen LogP contribution in [0.25, 0.3) is 0 Å². The molecule has 3 saturated heterocycles. The Bertz CT molecular complexity index is 915. The topological polar surface area (TPSA) is 292 Å². The third kappa shape index (κ3) is 6.81. The minimum absolute atomic E-state index is 0.0473. The molecule has 0 amide bonds. The lowest BCUT2D eigenvalue weighted by molar-refractivity contribution is -0.368. The summed E-state index contributed by atoms with van der Waals surface area (Å²) in [4.78, 5) is 0. The first kappa shape index (κ1) is 34.6. The zero-order valence-electron chi connectivity index (χ0n) is 23.9. The molecule has 0 bridgehead atoms. The SMILES string of the molecule is OC[C@@H]1O[C@H](OC2CC(O)CC3[OH+]C(C4CC(O)C(O)C(O)C4)C(O[C@H]4O[C@@H](CO)[C@H](O)[C@@H](O)[C@@H]4O)CC23)[C@@H](O)[C@H](O)[C@H]1O. The second kappa shape index (κ2) is 14.2. The van der Waals surface area contributed by atoms with E-state index in [0.29, 0.717) is 0 Å². The highest BCUT2D eigenvalue weighted by Gasteiger charge is 2.57. The Hall–Kier alpha value is -0.680. The summed E-state index contributed by atoms with van der Waals surface area (Å²) in [6, 6.07) is 0. The fourth-order valence-electron chi connectivity index (χ4n) is 7.40. The number of fused-ring (bicyclic) bond motifs is 1. The Morgan fingerprint density at radius 3 is 1.55 bits per heavy atom. The Morgan fingerprint density at radius 1 is 0.545 bits per heavy atom. The van der Waals surface area contributed by atoms with Gasteiger partial charge in [-0.15, -0.1) is 0 Å². The lowest BCUT2D eigenvalue weighted by Gasteiger charge is -2.50.